The third kappa shape index (κ3) is 8.71. The van der Waals surface area contributed by atoms with Gasteiger partial charge in [-0.05, 0) is 127 Å². The van der Waals surface area contributed by atoms with Crippen molar-refractivity contribution in [2.75, 3.05) is 9.80 Å². The Labute approximate surface area is 445 Å². The lowest BCUT2D eigenvalue weighted by atomic mass is 9.93. The molecule has 0 atom stereocenters. The van der Waals surface area contributed by atoms with Gasteiger partial charge in [0.25, 0.3) is 0 Å². The van der Waals surface area contributed by atoms with E-state index in [1.54, 1.807) is 24.3 Å². The molecule has 0 bridgehead atoms. The molecule has 2 heterocycles. The summed E-state index contributed by atoms with van der Waals surface area (Å²) >= 11 is 0. The summed E-state index contributed by atoms with van der Waals surface area (Å²) in [5.41, 5.74) is 14.2. The first-order valence-electron chi connectivity index (χ1n) is 24.9. The Balaban J connectivity index is 1.01. The number of hydrogen-bond acceptors (Lipinski definition) is 8. The molecule has 12 aromatic rings. The van der Waals surface area contributed by atoms with Crippen LogP contribution < -0.4 is 9.80 Å². The molecule has 12 rings (SSSR count). The number of benzene rings is 10. The minimum Gasteiger partial charge on any atom is -0.310 e. The Kier molecular flexibility index (Phi) is 12.3. The van der Waals surface area contributed by atoms with E-state index in [0.717, 1.165) is 61.5 Å². The second-order valence-electron chi connectivity index (χ2n) is 18.2. The van der Waals surface area contributed by atoms with Crippen molar-refractivity contribution in [3.63, 3.8) is 0 Å². The van der Waals surface area contributed by atoms with E-state index in [9.17, 15) is 21.0 Å². The second-order valence-corrected chi connectivity index (χ2v) is 18.2. The smallest absolute Gasteiger partial charge is 0.161 e. The maximum atomic E-state index is 11.0. The van der Waals surface area contributed by atoms with Crippen molar-refractivity contribution in [2.24, 2.45) is 0 Å². The molecule has 2 aromatic heterocycles. The van der Waals surface area contributed by atoms with Crippen LogP contribution in [0.4, 0.5) is 34.1 Å². The van der Waals surface area contributed by atoms with Gasteiger partial charge in [0.15, 0.2) is 5.82 Å². The molecule has 9 nitrogen and oxygen atoms in total. The van der Waals surface area contributed by atoms with Gasteiger partial charge in [-0.15, -0.1) is 0 Å². The Morgan fingerprint density at radius 1 is 0.325 bits per heavy atom. The van der Waals surface area contributed by atoms with E-state index in [-0.39, 0.29) is 0 Å². The lowest BCUT2D eigenvalue weighted by Gasteiger charge is -2.26. The second kappa shape index (κ2) is 20.3. The van der Waals surface area contributed by atoms with Gasteiger partial charge in [0.2, 0.25) is 0 Å². The third-order valence-corrected chi connectivity index (χ3v) is 13.7. The summed E-state index contributed by atoms with van der Waals surface area (Å²) in [5.74, 6) is 0.340. The third-order valence-electron chi connectivity index (χ3n) is 13.7. The maximum Gasteiger partial charge on any atom is 0.161 e. The SMILES string of the molecule is N#Cc1ccccc1-c1cc(-c2ccc(-c3c(C#N)cc(-n4c5ccc(N(c6ccccc6)c6ccccc6)cc5c5cc(N(c6ccccc6)c6ccccc6)ccc54)cc3C#N)cc2)nc(-c2ccccc2C#N)n1. The van der Waals surface area contributed by atoms with Gasteiger partial charge in [-0.25, -0.2) is 9.97 Å². The fourth-order valence-corrected chi connectivity index (χ4v) is 10.2. The predicted octanol–water partition coefficient (Wildman–Crippen LogP) is 16.7. The highest BCUT2D eigenvalue weighted by molar-refractivity contribution is 6.12. The molecule has 0 radical (unpaired) electrons. The lowest BCUT2D eigenvalue weighted by molar-refractivity contribution is 1.17. The van der Waals surface area contributed by atoms with E-state index in [4.69, 9.17) is 9.97 Å². The van der Waals surface area contributed by atoms with Crippen molar-refractivity contribution in [2.45, 2.75) is 0 Å². The molecular weight excluding hydrogens is 943 g/mol. The van der Waals surface area contributed by atoms with Crippen LogP contribution in [-0.2, 0) is 0 Å². The van der Waals surface area contributed by atoms with Crippen LogP contribution in [0.1, 0.15) is 22.3 Å². The molecule has 0 unspecified atom stereocenters. The molecule has 0 aliphatic heterocycles. The minimum atomic E-state index is 0.335. The number of hydrogen-bond donors (Lipinski definition) is 0. The van der Waals surface area contributed by atoms with E-state index in [0.29, 0.717) is 67.4 Å². The van der Waals surface area contributed by atoms with Gasteiger partial charge >= 0.3 is 0 Å². The number of rotatable bonds is 11. The summed E-state index contributed by atoms with van der Waals surface area (Å²) in [6.45, 7) is 0. The van der Waals surface area contributed by atoms with Gasteiger partial charge in [0.1, 0.15) is 0 Å². The first kappa shape index (κ1) is 46.7. The summed E-state index contributed by atoms with van der Waals surface area (Å²) in [4.78, 5) is 14.3. The zero-order valence-electron chi connectivity index (χ0n) is 41.2. The van der Waals surface area contributed by atoms with Crippen LogP contribution in [0.15, 0.2) is 249 Å². The summed E-state index contributed by atoms with van der Waals surface area (Å²) in [5, 5.41) is 44.1. The van der Waals surface area contributed by atoms with Gasteiger partial charge < -0.3 is 14.4 Å². The molecule has 0 saturated carbocycles. The topological polar surface area (TPSA) is 132 Å². The van der Waals surface area contributed by atoms with E-state index in [1.807, 2.05) is 140 Å². The van der Waals surface area contributed by atoms with Crippen LogP contribution in [0.2, 0.25) is 0 Å². The Morgan fingerprint density at radius 2 is 0.714 bits per heavy atom. The largest absolute Gasteiger partial charge is 0.310 e. The zero-order valence-corrected chi connectivity index (χ0v) is 41.2. The van der Waals surface area contributed by atoms with Crippen molar-refractivity contribution in [1.82, 2.24) is 14.5 Å². The van der Waals surface area contributed by atoms with Gasteiger partial charge in [-0.3, -0.25) is 0 Å². The number of nitriles is 4. The molecule has 0 aliphatic rings. The molecule has 0 N–H and O–H groups in total. The van der Waals surface area contributed by atoms with E-state index >= 15 is 0 Å². The molecule has 0 saturated heterocycles. The van der Waals surface area contributed by atoms with Crippen LogP contribution in [0.3, 0.4) is 0 Å². The number of anilines is 6. The summed E-state index contributed by atoms with van der Waals surface area (Å²) in [7, 11) is 0. The molecule has 0 fully saturated rings. The quantitative estimate of drug-likeness (QED) is 0.125. The number of fused-ring (bicyclic) bond motifs is 3. The van der Waals surface area contributed by atoms with Crippen molar-refractivity contribution >= 4 is 55.9 Å². The van der Waals surface area contributed by atoms with Gasteiger partial charge in [0.05, 0.1) is 69.0 Å². The summed E-state index contributed by atoms with van der Waals surface area (Å²) < 4.78 is 2.15. The first-order chi connectivity index (χ1) is 38.0. The Morgan fingerprint density at radius 3 is 1.17 bits per heavy atom. The van der Waals surface area contributed by atoms with Crippen LogP contribution in [0.25, 0.3) is 72.5 Å². The first-order valence-corrected chi connectivity index (χ1v) is 24.9. The van der Waals surface area contributed by atoms with Crippen LogP contribution in [0, 0.1) is 45.3 Å². The van der Waals surface area contributed by atoms with Gasteiger partial charge in [0, 0.05) is 72.8 Å². The molecule has 77 heavy (non-hydrogen) atoms. The van der Waals surface area contributed by atoms with Crippen LogP contribution in [-0.4, -0.2) is 14.5 Å². The summed E-state index contributed by atoms with van der Waals surface area (Å²) in [6, 6.07) is 91.2. The standard InChI is InChI=1S/C68H41N9/c69-42-48-17-13-15-27-59(48)64-41-63(73-68(74-64)60-28-16-14-18-49(60)43-70)46-29-31-47(32-30-46)67-50(44-71)37-58(38-51(67)45-72)77-65-35-33-56(75(52-19-5-1-6-20-52)53-21-7-2-8-22-53)39-61(65)62-40-57(34-36-66(62)77)76(54-23-9-3-10-24-54)55-25-11-4-12-26-55/h1-41H. The molecule has 358 valence electrons. The minimum absolute atomic E-state index is 0.335. The predicted molar refractivity (Wildman–Crippen MR) is 306 cm³/mol. The van der Waals surface area contributed by atoms with E-state index < -0.39 is 0 Å². The monoisotopic (exact) mass is 983 g/mol. The maximum absolute atomic E-state index is 11.0. The van der Waals surface area contributed by atoms with E-state index in [2.05, 4.69) is 124 Å². The van der Waals surface area contributed by atoms with E-state index in [1.165, 1.54) is 0 Å². The summed E-state index contributed by atoms with van der Waals surface area (Å²) in [6.07, 6.45) is 0. The molecule has 9 heteroatoms. The Hall–Kier alpha value is -11.4. The van der Waals surface area contributed by atoms with Crippen LogP contribution in [0.5, 0.6) is 0 Å². The lowest BCUT2D eigenvalue weighted by Crippen LogP contribution is -2.09. The molecule has 0 aliphatic carbocycles. The normalized spacial score (nSPS) is 10.8. The van der Waals surface area contributed by atoms with Gasteiger partial charge in [-0.2, -0.15) is 21.0 Å². The fraction of sp³-hybridized carbons (Fsp3) is 0. The average molecular weight is 984 g/mol. The Bertz CT molecular complexity index is 4040. The zero-order chi connectivity index (χ0) is 52.2. The fourth-order valence-electron chi connectivity index (χ4n) is 10.2. The highest BCUT2D eigenvalue weighted by Gasteiger charge is 2.23. The molecule has 0 amide bonds. The van der Waals surface area contributed by atoms with Crippen molar-refractivity contribution in [1.29, 1.82) is 21.0 Å². The highest BCUT2D eigenvalue weighted by Crippen LogP contribution is 2.44. The van der Waals surface area contributed by atoms with Crippen molar-refractivity contribution in [3.8, 4) is 75.0 Å². The van der Waals surface area contributed by atoms with Gasteiger partial charge in [-0.1, -0.05) is 127 Å². The van der Waals surface area contributed by atoms with Crippen molar-refractivity contribution in [3.05, 3.63) is 271 Å². The molecular formula is C68H41N9. The average Bonchev–Trinajstić information content (AvgIpc) is 4.03. The molecule has 0 spiro atoms. The number of nitrogens with zero attached hydrogens (tertiary/aromatic N) is 9. The van der Waals surface area contributed by atoms with Crippen molar-refractivity contribution < 1.29 is 0 Å². The van der Waals surface area contributed by atoms with Crippen LogP contribution >= 0.6 is 0 Å². The number of aromatic nitrogens is 3. The highest BCUT2D eigenvalue weighted by atomic mass is 15.1. The molecule has 10 aromatic carbocycles. The number of para-hydroxylation sites is 4.